The third-order valence-corrected chi connectivity index (χ3v) is 3.16. The van der Waals surface area contributed by atoms with Crippen LogP contribution in [0.25, 0.3) is 0 Å². The van der Waals surface area contributed by atoms with Gasteiger partial charge in [0.2, 0.25) is 5.91 Å². The van der Waals surface area contributed by atoms with Crippen molar-refractivity contribution >= 4 is 17.6 Å². The highest BCUT2D eigenvalue weighted by Crippen LogP contribution is 2.17. The highest BCUT2D eigenvalue weighted by molar-refractivity contribution is 5.92. The highest BCUT2D eigenvalue weighted by Gasteiger charge is 2.14. The first-order chi connectivity index (χ1) is 10.4. The molecule has 0 aliphatic carbocycles. The molecule has 0 heterocycles. The Morgan fingerprint density at radius 2 is 1.86 bits per heavy atom. The second-order valence-electron chi connectivity index (χ2n) is 4.86. The molecule has 1 aromatic carbocycles. The Morgan fingerprint density at radius 3 is 2.41 bits per heavy atom. The average molecular weight is 314 g/mol. The Kier molecular flexibility index (Phi) is 7.45. The van der Waals surface area contributed by atoms with E-state index < -0.39 is 29.2 Å². The first-order valence-electron chi connectivity index (χ1n) is 7.12. The van der Waals surface area contributed by atoms with Gasteiger partial charge in [0, 0.05) is 6.42 Å². The summed E-state index contributed by atoms with van der Waals surface area (Å²) in [5, 5.41) is 10.8. The minimum atomic E-state index is -0.851. The predicted octanol–water partition coefficient (Wildman–Crippen LogP) is 2.48. The van der Waals surface area contributed by atoms with Gasteiger partial charge in [-0.25, -0.2) is 8.78 Å². The van der Waals surface area contributed by atoms with Crippen LogP contribution in [0, 0.1) is 11.6 Å². The fourth-order valence-electron chi connectivity index (χ4n) is 1.96. The number of benzene rings is 1. The number of unbranched alkanes of at least 4 members (excludes halogenated alkanes) is 1. The zero-order valence-electron chi connectivity index (χ0n) is 12.4. The fourth-order valence-corrected chi connectivity index (χ4v) is 1.96. The molecule has 1 amide bonds. The Morgan fingerprint density at radius 1 is 1.23 bits per heavy atom. The van der Waals surface area contributed by atoms with Crippen molar-refractivity contribution in [1.29, 1.82) is 0 Å². The van der Waals surface area contributed by atoms with Gasteiger partial charge in [0.05, 0.1) is 6.54 Å². The number of rotatable bonds is 9. The molecular weight excluding hydrogens is 294 g/mol. The maximum Gasteiger partial charge on any atom is 0.303 e. The molecule has 122 valence electrons. The number of likely N-dealkylation sites (N-methyl/N-ethyl adjacent to an activating group) is 1. The number of anilines is 1. The number of carboxylic acid groups (broad SMARTS) is 1. The van der Waals surface area contributed by atoms with Gasteiger partial charge in [0.25, 0.3) is 0 Å². The van der Waals surface area contributed by atoms with Gasteiger partial charge in [-0.15, -0.1) is 0 Å². The van der Waals surface area contributed by atoms with Crippen LogP contribution in [0.1, 0.15) is 26.2 Å². The summed E-state index contributed by atoms with van der Waals surface area (Å²) in [5.74, 6) is -3.00. The Labute approximate surface area is 127 Å². The standard InChI is InChI=1S/C15H20F2N2O3/c1-2-19(9-4-3-8-14(21)22)10-13(20)18-15-11(16)6-5-7-12(15)17/h5-7H,2-4,8-10H2,1H3,(H,18,20)(H,21,22). The van der Waals surface area contributed by atoms with E-state index in [0.29, 0.717) is 25.9 Å². The van der Waals surface area contributed by atoms with Crippen LogP contribution in [-0.2, 0) is 9.59 Å². The molecule has 0 fully saturated rings. The summed E-state index contributed by atoms with van der Waals surface area (Å²) in [7, 11) is 0. The number of aliphatic carboxylic acids is 1. The lowest BCUT2D eigenvalue weighted by Gasteiger charge is -2.19. The summed E-state index contributed by atoms with van der Waals surface area (Å²) in [4.78, 5) is 24.0. The molecule has 0 aliphatic rings. The smallest absolute Gasteiger partial charge is 0.303 e. The van der Waals surface area contributed by atoms with E-state index in [9.17, 15) is 18.4 Å². The van der Waals surface area contributed by atoms with Crippen LogP contribution in [0.3, 0.4) is 0 Å². The normalized spacial score (nSPS) is 10.7. The van der Waals surface area contributed by atoms with Gasteiger partial charge in [0.15, 0.2) is 0 Å². The van der Waals surface area contributed by atoms with Gasteiger partial charge < -0.3 is 10.4 Å². The van der Waals surface area contributed by atoms with Crippen molar-refractivity contribution in [3.05, 3.63) is 29.8 Å². The van der Waals surface area contributed by atoms with Crippen molar-refractivity contribution < 1.29 is 23.5 Å². The lowest BCUT2D eigenvalue weighted by Crippen LogP contribution is -2.34. The van der Waals surface area contributed by atoms with Crippen molar-refractivity contribution in [2.24, 2.45) is 0 Å². The van der Waals surface area contributed by atoms with Crippen molar-refractivity contribution in [2.75, 3.05) is 25.0 Å². The maximum absolute atomic E-state index is 13.4. The largest absolute Gasteiger partial charge is 0.481 e. The highest BCUT2D eigenvalue weighted by atomic mass is 19.1. The van der Waals surface area contributed by atoms with E-state index in [1.54, 1.807) is 4.90 Å². The lowest BCUT2D eigenvalue weighted by molar-refractivity contribution is -0.137. The summed E-state index contributed by atoms with van der Waals surface area (Å²) >= 11 is 0. The Balaban J connectivity index is 2.46. The second kappa shape index (κ2) is 9.09. The molecule has 0 aromatic heterocycles. The number of hydrogen-bond donors (Lipinski definition) is 2. The molecule has 7 heteroatoms. The molecule has 0 radical (unpaired) electrons. The van der Waals surface area contributed by atoms with Crippen LogP contribution < -0.4 is 5.32 Å². The predicted molar refractivity (Wildman–Crippen MR) is 78.6 cm³/mol. The van der Waals surface area contributed by atoms with Gasteiger partial charge in [-0.05, 0) is 38.1 Å². The molecule has 5 nitrogen and oxygen atoms in total. The van der Waals surface area contributed by atoms with E-state index in [1.165, 1.54) is 6.07 Å². The first-order valence-corrected chi connectivity index (χ1v) is 7.12. The first kappa shape index (κ1) is 18.0. The van der Waals surface area contributed by atoms with Crippen LogP contribution in [0.15, 0.2) is 18.2 Å². The minimum absolute atomic E-state index is 0.00263. The summed E-state index contributed by atoms with van der Waals surface area (Å²) in [6.45, 7) is 2.99. The number of amides is 1. The van der Waals surface area contributed by atoms with Crippen LogP contribution in [0.5, 0.6) is 0 Å². The summed E-state index contributed by atoms with van der Waals surface area (Å²) in [6, 6.07) is 3.37. The molecule has 0 saturated carbocycles. The van der Waals surface area contributed by atoms with Gasteiger partial charge in [-0.1, -0.05) is 13.0 Å². The van der Waals surface area contributed by atoms with Crippen molar-refractivity contribution in [1.82, 2.24) is 4.90 Å². The Bertz CT molecular complexity index is 503. The molecule has 1 aromatic rings. The second-order valence-corrected chi connectivity index (χ2v) is 4.86. The topological polar surface area (TPSA) is 69.6 Å². The van der Waals surface area contributed by atoms with Gasteiger partial charge in [-0.3, -0.25) is 14.5 Å². The average Bonchev–Trinajstić information content (AvgIpc) is 2.46. The van der Waals surface area contributed by atoms with Crippen LogP contribution in [0.4, 0.5) is 14.5 Å². The Hall–Kier alpha value is -2.02. The SMILES string of the molecule is CCN(CCCCC(=O)O)CC(=O)Nc1c(F)cccc1F. The van der Waals surface area contributed by atoms with E-state index in [0.717, 1.165) is 12.1 Å². The summed E-state index contributed by atoms with van der Waals surface area (Å²) < 4.78 is 26.9. The molecule has 0 spiro atoms. The van der Waals surface area contributed by atoms with Crippen LogP contribution in [0.2, 0.25) is 0 Å². The number of para-hydroxylation sites is 1. The number of hydrogen-bond acceptors (Lipinski definition) is 3. The fraction of sp³-hybridized carbons (Fsp3) is 0.467. The molecule has 0 saturated heterocycles. The monoisotopic (exact) mass is 314 g/mol. The van der Waals surface area contributed by atoms with E-state index in [4.69, 9.17) is 5.11 Å². The number of carbonyl (C=O) groups is 2. The quantitative estimate of drug-likeness (QED) is 0.687. The number of carboxylic acids is 1. The summed E-state index contributed by atoms with van der Waals surface area (Å²) in [6.07, 6.45) is 1.25. The van der Waals surface area contributed by atoms with E-state index in [-0.39, 0.29) is 13.0 Å². The molecule has 0 atom stereocenters. The zero-order valence-corrected chi connectivity index (χ0v) is 12.4. The molecular formula is C15H20F2N2O3. The summed E-state index contributed by atoms with van der Waals surface area (Å²) in [5.41, 5.74) is -0.450. The van der Waals surface area contributed by atoms with Gasteiger partial charge in [0.1, 0.15) is 17.3 Å². The van der Waals surface area contributed by atoms with Gasteiger partial charge in [-0.2, -0.15) is 0 Å². The third-order valence-electron chi connectivity index (χ3n) is 3.16. The minimum Gasteiger partial charge on any atom is -0.481 e. The maximum atomic E-state index is 13.4. The third kappa shape index (κ3) is 6.17. The molecule has 0 bridgehead atoms. The number of carbonyl (C=O) groups excluding carboxylic acids is 1. The molecule has 0 aliphatic heterocycles. The van der Waals surface area contributed by atoms with Crippen molar-refractivity contribution in [2.45, 2.75) is 26.2 Å². The molecule has 22 heavy (non-hydrogen) atoms. The van der Waals surface area contributed by atoms with Crippen molar-refractivity contribution in [3.63, 3.8) is 0 Å². The zero-order chi connectivity index (χ0) is 16.5. The van der Waals surface area contributed by atoms with Crippen LogP contribution in [-0.4, -0.2) is 41.5 Å². The van der Waals surface area contributed by atoms with E-state index in [1.807, 2.05) is 6.92 Å². The number of nitrogens with one attached hydrogen (secondary N) is 1. The molecule has 0 unspecified atom stereocenters. The lowest BCUT2D eigenvalue weighted by atomic mass is 10.2. The van der Waals surface area contributed by atoms with Gasteiger partial charge >= 0.3 is 5.97 Å². The molecule has 2 N–H and O–H groups in total. The van der Waals surface area contributed by atoms with E-state index in [2.05, 4.69) is 5.32 Å². The van der Waals surface area contributed by atoms with Crippen molar-refractivity contribution in [3.8, 4) is 0 Å². The molecule has 1 rings (SSSR count). The number of halogens is 2. The van der Waals surface area contributed by atoms with E-state index >= 15 is 0 Å². The number of nitrogens with zero attached hydrogens (tertiary/aromatic N) is 1. The van der Waals surface area contributed by atoms with Crippen LogP contribution >= 0.6 is 0 Å².